The van der Waals surface area contributed by atoms with E-state index >= 15 is 0 Å². The zero-order chi connectivity index (χ0) is 23.5. The lowest BCUT2D eigenvalue weighted by molar-refractivity contribution is -0.199. The summed E-state index contributed by atoms with van der Waals surface area (Å²) >= 11 is 0. The molecule has 32 heavy (non-hydrogen) atoms. The summed E-state index contributed by atoms with van der Waals surface area (Å²) in [5, 5.41) is 3.71. The molecule has 0 N–H and O–H groups in total. The fourth-order valence-electron chi connectivity index (χ4n) is 6.08. The van der Waals surface area contributed by atoms with Gasteiger partial charge >= 0.3 is 13.1 Å². The minimum Gasteiger partial charge on any atom is -0.456 e. The zero-order valence-electron chi connectivity index (χ0n) is 20.3. The molecule has 1 aromatic rings. The van der Waals surface area contributed by atoms with Gasteiger partial charge in [-0.2, -0.15) is 0 Å². The number of aryl methyl sites for hydroxylation is 1. The number of carbonyl (C=O) groups excluding carboxylic acids is 1. The molecule has 1 aliphatic heterocycles. The lowest BCUT2D eigenvalue weighted by atomic mass is 9.43. The molecule has 2 bridgehead atoms. The van der Waals surface area contributed by atoms with Gasteiger partial charge in [0.25, 0.3) is 0 Å². The molecule has 172 valence electrons. The van der Waals surface area contributed by atoms with Crippen molar-refractivity contribution in [2.45, 2.75) is 91.4 Å². The third-order valence-corrected chi connectivity index (χ3v) is 7.96. The number of hydrogen-bond donors (Lipinski definition) is 0. The van der Waals surface area contributed by atoms with Crippen molar-refractivity contribution in [3.05, 3.63) is 39.3 Å². The Morgan fingerprint density at radius 3 is 2.66 bits per heavy atom. The lowest BCUT2D eigenvalue weighted by Crippen LogP contribution is -2.65. The Bertz CT molecular complexity index is 982. The first-order valence-corrected chi connectivity index (χ1v) is 11.6. The molecule has 3 unspecified atom stereocenters. The first kappa shape index (κ1) is 23.2. The topological polar surface area (TPSA) is 93.5 Å². The van der Waals surface area contributed by atoms with Gasteiger partial charge in [-0.3, -0.25) is 0 Å². The Labute approximate surface area is 191 Å². The monoisotopic (exact) mass is 439 g/mol. The van der Waals surface area contributed by atoms with Gasteiger partial charge in [-0.1, -0.05) is 31.1 Å². The van der Waals surface area contributed by atoms with Crippen molar-refractivity contribution < 1.29 is 18.8 Å². The quantitative estimate of drug-likeness (QED) is 0.180. The van der Waals surface area contributed by atoms with E-state index in [-0.39, 0.29) is 24.5 Å². The summed E-state index contributed by atoms with van der Waals surface area (Å²) in [5.41, 5.74) is 10.8. The van der Waals surface area contributed by atoms with Crippen LogP contribution in [0.5, 0.6) is 0 Å². The molecule has 1 saturated heterocycles. The first-order chi connectivity index (χ1) is 14.9. The van der Waals surface area contributed by atoms with Gasteiger partial charge in [-0.25, -0.2) is 4.79 Å². The summed E-state index contributed by atoms with van der Waals surface area (Å²) in [6.45, 7) is 14.3. The number of hydrogen-bond acceptors (Lipinski definition) is 5. The minimum absolute atomic E-state index is 0.162. The van der Waals surface area contributed by atoms with Gasteiger partial charge < -0.3 is 14.0 Å². The van der Waals surface area contributed by atoms with E-state index in [1.54, 1.807) is 6.07 Å². The van der Waals surface area contributed by atoms with Crippen LogP contribution in [-0.2, 0) is 20.5 Å². The minimum atomic E-state index is -0.640. The predicted molar refractivity (Wildman–Crippen MR) is 124 cm³/mol. The summed E-state index contributed by atoms with van der Waals surface area (Å²) in [4.78, 5) is 15.7. The van der Waals surface area contributed by atoms with E-state index in [4.69, 9.17) is 19.6 Å². The second-order valence-corrected chi connectivity index (χ2v) is 11.4. The normalized spacial score (nSPS) is 30.2. The molecule has 3 saturated carbocycles. The largest absolute Gasteiger partial charge is 0.457 e. The number of benzene rings is 1. The molecule has 4 fully saturated rings. The van der Waals surface area contributed by atoms with Crippen molar-refractivity contribution in [2.24, 2.45) is 22.4 Å². The Morgan fingerprint density at radius 2 is 2.03 bits per heavy atom. The van der Waals surface area contributed by atoms with Crippen molar-refractivity contribution in [1.82, 2.24) is 0 Å². The van der Waals surface area contributed by atoms with Crippen molar-refractivity contribution in [3.8, 4) is 0 Å². The van der Waals surface area contributed by atoms with E-state index in [0.29, 0.717) is 29.6 Å². The van der Waals surface area contributed by atoms with Crippen LogP contribution in [0, 0.1) is 24.2 Å². The van der Waals surface area contributed by atoms with Crippen LogP contribution in [0.15, 0.2) is 17.2 Å². The van der Waals surface area contributed by atoms with E-state index in [1.165, 1.54) is 6.42 Å². The van der Waals surface area contributed by atoms with E-state index in [1.807, 2.05) is 33.8 Å². The SMILES string of the molecule is Cc1c(CCB2OC3CC4CC(C4(C)C)[C@]3(C)O2)ccc(N=[N+]=[N-])c1C(=O)OC(C)(C)C. The predicted octanol–water partition coefficient (Wildman–Crippen LogP) is 6.16. The van der Waals surface area contributed by atoms with Crippen LogP contribution in [0.1, 0.15) is 75.9 Å². The molecular formula is C24H34BN3O4. The average molecular weight is 439 g/mol. The van der Waals surface area contributed by atoms with Crippen LogP contribution in [0.2, 0.25) is 6.32 Å². The molecule has 0 amide bonds. The van der Waals surface area contributed by atoms with Crippen molar-refractivity contribution in [3.63, 3.8) is 0 Å². The molecule has 7 nitrogen and oxygen atoms in total. The molecule has 4 aliphatic rings. The smallest absolute Gasteiger partial charge is 0.456 e. The van der Waals surface area contributed by atoms with Gasteiger partial charge in [0.05, 0.1) is 23.0 Å². The highest BCUT2D eigenvalue weighted by atomic mass is 16.7. The highest BCUT2D eigenvalue weighted by Gasteiger charge is 2.67. The Kier molecular flexibility index (Phi) is 5.64. The van der Waals surface area contributed by atoms with Crippen molar-refractivity contribution in [1.29, 1.82) is 0 Å². The third-order valence-electron chi connectivity index (χ3n) is 7.96. The zero-order valence-corrected chi connectivity index (χ0v) is 20.3. The standard InChI is InChI=1S/C24H34BN3O4/c1-14-15(8-9-17(27-28-26)20(14)21(29)30-22(2,3)4)10-11-25-31-19-13-16-12-18(23(16,5)6)24(19,7)32-25/h8-9,16,18-19H,10-13H2,1-7H3/t16?,18?,19?,24-/m0/s1. The number of nitrogens with zero attached hydrogens (tertiary/aromatic N) is 3. The fourth-order valence-corrected chi connectivity index (χ4v) is 6.08. The molecule has 0 aromatic heterocycles. The van der Waals surface area contributed by atoms with E-state index in [2.05, 4.69) is 30.8 Å². The molecule has 8 heteroatoms. The Morgan fingerprint density at radius 1 is 1.31 bits per heavy atom. The third kappa shape index (κ3) is 3.83. The average Bonchev–Trinajstić information content (AvgIpc) is 3.02. The molecule has 0 spiro atoms. The van der Waals surface area contributed by atoms with Gasteiger partial charge in [0, 0.05) is 4.91 Å². The highest BCUT2D eigenvalue weighted by Crippen LogP contribution is 2.65. The summed E-state index contributed by atoms with van der Waals surface area (Å²) in [6.07, 6.45) is 3.87. The van der Waals surface area contributed by atoms with Crippen LogP contribution in [0.4, 0.5) is 5.69 Å². The van der Waals surface area contributed by atoms with Gasteiger partial charge in [0.1, 0.15) is 5.60 Å². The second-order valence-electron chi connectivity index (χ2n) is 11.4. The molecule has 1 aromatic carbocycles. The summed E-state index contributed by atoms with van der Waals surface area (Å²) < 4.78 is 18.4. The number of carbonyl (C=O) groups is 1. The van der Waals surface area contributed by atoms with Crippen LogP contribution in [0.3, 0.4) is 0 Å². The maximum Gasteiger partial charge on any atom is 0.457 e. The van der Waals surface area contributed by atoms with Gasteiger partial charge in [-0.15, -0.1) is 0 Å². The Hall–Kier alpha value is -2.02. The van der Waals surface area contributed by atoms with Crippen molar-refractivity contribution >= 4 is 18.8 Å². The first-order valence-electron chi connectivity index (χ1n) is 11.6. The maximum absolute atomic E-state index is 12.8. The highest BCUT2D eigenvalue weighted by molar-refractivity contribution is 6.45. The summed E-state index contributed by atoms with van der Waals surface area (Å²) in [6, 6.07) is 3.60. The number of ether oxygens (including phenoxy) is 1. The number of azide groups is 1. The molecule has 5 rings (SSSR count). The van der Waals surface area contributed by atoms with E-state index < -0.39 is 11.6 Å². The fraction of sp³-hybridized carbons (Fsp3) is 0.708. The van der Waals surface area contributed by atoms with Crippen molar-refractivity contribution in [2.75, 3.05) is 0 Å². The second kappa shape index (κ2) is 7.79. The maximum atomic E-state index is 12.8. The molecule has 1 heterocycles. The van der Waals surface area contributed by atoms with Gasteiger partial charge in [-0.05, 0) is 94.1 Å². The molecule has 0 radical (unpaired) electrons. The van der Waals surface area contributed by atoms with Gasteiger partial charge in [0.15, 0.2) is 0 Å². The molecular weight excluding hydrogens is 405 g/mol. The number of esters is 1. The lowest BCUT2D eigenvalue weighted by Gasteiger charge is -2.64. The molecule has 3 aliphatic carbocycles. The van der Waals surface area contributed by atoms with Gasteiger partial charge in [0.2, 0.25) is 0 Å². The van der Waals surface area contributed by atoms with E-state index in [0.717, 1.165) is 23.5 Å². The molecule has 4 atom stereocenters. The summed E-state index contributed by atoms with van der Waals surface area (Å²) in [7, 11) is -0.249. The summed E-state index contributed by atoms with van der Waals surface area (Å²) in [5.74, 6) is 0.778. The Balaban J connectivity index is 1.50. The van der Waals surface area contributed by atoms with E-state index in [9.17, 15) is 4.79 Å². The number of rotatable bonds is 5. The van der Waals surface area contributed by atoms with Crippen LogP contribution < -0.4 is 0 Å². The van der Waals surface area contributed by atoms with Crippen LogP contribution >= 0.6 is 0 Å². The van der Waals surface area contributed by atoms with Crippen LogP contribution in [-0.4, -0.2) is 30.4 Å². The van der Waals surface area contributed by atoms with Crippen LogP contribution in [0.25, 0.3) is 10.4 Å².